The molecule has 5 unspecified atom stereocenters. The maximum absolute atomic E-state index is 13.7. The molecule has 2 fully saturated rings. The molecule has 154 valence electrons. The fraction of sp³-hybridized carbons (Fsp3) is 0.625. The number of alkyl halides is 2. The van der Waals surface area contributed by atoms with Crippen molar-refractivity contribution >= 4 is 5.78 Å². The van der Waals surface area contributed by atoms with Crippen molar-refractivity contribution in [2.24, 2.45) is 17.3 Å². The van der Waals surface area contributed by atoms with Crippen LogP contribution in [0.5, 0.6) is 0 Å². The molecule has 0 aromatic heterocycles. The number of aliphatic hydroxyl groups excluding tert-OH is 1. The first-order chi connectivity index (χ1) is 13.4. The first-order valence-electron chi connectivity index (χ1n) is 10.5. The lowest BCUT2D eigenvalue weighted by molar-refractivity contribution is -0.122. The van der Waals surface area contributed by atoms with Gasteiger partial charge in [-0.1, -0.05) is 55.4 Å². The summed E-state index contributed by atoms with van der Waals surface area (Å²) in [5, 5.41) is 8.95. The van der Waals surface area contributed by atoms with Crippen LogP contribution in [0.4, 0.5) is 8.78 Å². The van der Waals surface area contributed by atoms with Crippen molar-refractivity contribution in [3.8, 4) is 0 Å². The second-order valence-electron chi connectivity index (χ2n) is 8.81. The van der Waals surface area contributed by atoms with Crippen molar-refractivity contribution in [2.75, 3.05) is 6.61 Å². The van der Waals surface area contributed by atoms with Crippen molar-refractivity contribution in [1.82, 2.24) is 0 Å². The number of fused-ring (bicyclic) bond motifs is 1. The fourth-order valence-corrected chi connectivity index (χ4v) is 5.43. The van der Waals surface area contributed by atoms with Gasteiger partial charge >= 0.3 is 0 Å². The molecule has 28 heavy (non-hydrogen) atoms. The highest BCUT2D eigenvalue weighted by Crippen LogP contribution is 2.56. The minimum absolute atomic E-state index is 0.0305. The SMILES string of the molecule is CC(C/C=C/CO)C1=CCC2/C(=C\C=C3/CC(F)CC(F)C3=O)CCCC12C. The van der Waals surface area contributed by atoms with E-state index in [1.165, 1.54) is 11.1 Å². The Kier molecular flexibility index (Phi) is 6.69. The molecule has 5 atom stereocenters. The standard InChI is InChI=1S/C24H32F2O2/c1-16(6-3-4-13-27)20-10-11-21-17(7-5-12-24(20,21)2)8-9-18-14-19(25)15-22(26)23(18)28/h3-4,8-10,16,19,21-22,27H,5-7,11-15H2,1-2H3/b4-3+,17-8-,18-9+. The highest BCUT2D eigenvalue weighted by Gasteiger charge is 2.45. The van der Waals surface area contributed by atoms with Crippen LogP contribution in [0.25, 0.3) is 0 Å². The van der Waals surface area contributed by atoms with E-state index in [1.54, 1.807) is 12.2 Å². The van der Waals surface area contributed by atoms with Crippen molar-refractivity contribution in [2.45, 2.75) is 71.1 Å². The minimum atomic E-state index is -1.70. The maximum atomic E-state index is 13.7. The lowest BCUT2D eigenvalue weighted by Crippen LogP contribution is -2.32. The summed E-state index contributed by atoms with van der Waals surface area (Å²) in [4.78, 5) is 12.0. The van der Waals surface area contributed by atoms with E-state index in [2.05, 4.69) is 19.9 Å². The zero-order valence-corrected chi connectivity index (χ0v) is 17.0. The van der Waals surface area contributed by atoms with Crippen LogP contribution >= 0.6 is 0 Å². The number of ketones is 1. The molecule has 0 heterocycles. The van der Waals surface area contributed by atoms with Crippen molar-refractivity contribution in [3.63, 3.8) is 0 Å². The summed E-state index contributed by atoms with van der Waals surface area (Å²) in [5.74, 6) is 0.285. The molecule has 2 saturated carbocycles. The number of allylic oxidation sites excluding steroid dienone is 7. The van der Waals surface area contributed by atoms with Gasteiger partial charge in [-0.05, 0) is 49.4 Å². The molecule has 2 nitrogen and oxygen atoms in total. The third kappa shape index (κ3) is 4.22. The van der Waals surface area contributed by atoms with Gasteiger partial charge in [0, 0.05) is 18.4 Å². The summed E-state index contributed by atoms with van der Waals surface area (Å²) in [7, 11) is 0. The molecule has 1 N–H and O–H groups in total. The van der Waals surface area contributed by atoms with Crippen LogP contribution in [0.15, 0.2) is 47.1 Å². The predicted molar refractivity (Wildman–Crippen MR) is 108 cm³/mol. The molecule has 0 aromatic rings. The Balaban J connectivity index is 1.77. The predicted octanol–water partition coefficient (Wildman–Crippen LogP) is 5.59. The molecule has 0 aromatic carbocycles. The normalized spacial score (nSPS) is 37.5. The van der Waals surface area contributed by atoms with Crippen molar-refractivity contribution in [1.29, 1.82) is 0 Å². The van der Waals surface area contributed by atoms with E-state index in [0.29, 0.717) is 17.4 Å². The Morgan fingerprint density at radius 2 is 2.11 bits per heavy atom. The van der Waals surface area contributed by atoms with Crippen molar-refractivity contribution in [3.05, 3.63) is 47.1 Å². The molecule has 0 radical (unpaired) electrons. The van der Waals surface area contributed by atoms with Gasteiger partial charge in [-0.2, -0.15) is 0 Å². The van der Waals surface area contributed by atoms with Crippen LogP contribution in [0.1, 0.15) is 58.8 Å². The minimum Gasteiger partial charge on any atom is -0.392 e. The highest BCUT2D eigenvalue weighted by molar-refractivity contribution is 5.99. The zero-order valence-electron chi connectivity index (χ0n) is 17.0. The summed E-state index contributed by atoms with van der Waals surface area (Å²) < 4.78 is 27.4. The van der Waals surface area contributed by atoms with Crippen LogP contribution in [0.3, 0.4) is 0 Å². The highest BCUT2D eigenvalue weighted by atomic mass is 19.1. The molecular weight excluding hydrogens is 358 g/mol. The molecule has 3 aliphatic rings. The number of carbonyl (C=O) groups excluding carboxylic acids is 1. The van der Waals surface area contributed by atoms with E-state index in [-0.39, 0.29) is 24.9 Å². The Labute approximate surface area is 167 Å². The van der Waals surface area contributed by atoms with E-state index < -0.39 is 18.1 Å². The lowest BCUT2D eigenvalue weighted by atomic mass is 9.62. The second-order valence-corrected chi connectivity index (χ2v) is 8.81. The summed E-state index contributed by atoms with van der Waals surface area (Å²) >= 11 is 0. The Morgan fingerprint density at radius 3 is 2.86 bits per heavy atom. The molecule has 3 rings (SSSR count). The topological polar surface area (TPSA) is 37.3 Å². The van der Waals surface area contributed by atoms with Gasteiger partial charge in [0.05, 0.1) is 6.61 Å². The Bertz CT molecular complexity index is 718. The van der Waals surface area contributed by atoms with E-state index in [4.69, 9.17) is 5.11 Å². The fourth-order valence-electron chi connectivity index (χ4n) is 5.43. The quantitative estimate of drug-likeness (QED) is 0.491. The average molecular weight is 391 g/mol. The van der Waals surface area contributed by atoms with Gasteiger partial charge in [-0.15, -0.1) is 0 Å². The van der Waals surface area contributed by atoms with Gasteiger partial charge in [0.2, 0.25) is 0 Å². The third-order valence-electron chi connectivity index (χ3n) is 6.91. The number of aliphatic hydroxyl groups is 1. The van der Waals surface area contributed by atoms with Crippen molar-refractivity contribution < 1.29 is 18.7 Å². The number of hydrogen-bond donors (Lipinski definition) is 1. The van der Waals surface area contributed by atoms with Crippen LogP contribution in [-0.4, -0.2) is 29.8 Å². The monoisotopic (exact) mass is 390 g/mol. The molecule has 4 heteroatoms. The van der Waals surface area contributed by atoms with Gasteiger partial charge in [0.1, 0.15) is 6.17 Å². The number of rotatable bonds is 5. The first kappa shape index (κ1) is 21.2. The largest absolute Gasteiger partial charge is 0.392 e. The average Bonchev–Trinajstić information content (AvgIpc) is 3.01. The van der Waals surface area contributed by atoms with Crippen LogP contribution in [0.2, 0.25) is 0 Å². The van der Waals surface area contributed by atoms with Gasteiger partial charge in [0.25, 0.3) is 0 Å². The van der Waals surface area contributed by atoms with Crippen LogP contribution < -0.4 is 0 Å². The summed E-state index contributed by atoms with van der Waals surface area (Å²) in [6, 6.07) is 0. The molecular formula is C24H32F2O2. The van der Waals surface area contributed by atoms with Crippen LogP contribution in [0, 0.1) is 17.3 Å². The van der Waals surface area contributed by atoms with Gasteiger partial charge in [0.15, 0.2) is 12.0 Å². The Morgan fingerprint density at radius 1 is 1.32 bits per heavy atom. The molecule has 3 aliphatic carbocycles. The Hall–Kier alpha value is -1.55. The van der Waals surface area contributed by atoms with E-state index in [9.17, 15) is 13.6 Å². The second kappa shape index (κ2) is 8.86. The molecule has 0 bridgehead atoms. The lowest BCUT2D eigenvalue weighted by Gasteiger charge is -2.42. The third-order valence-corrected chi connectivity index (χ3v) is 6.91. The number of Topliss-reactive ketones (excluding diaryl/α,β-unsaturated/α-hetero) is 1. The molecule has 0 saturated heterocycles. The smallest absolute Gasteiger partial charge is 0.193 e. The first-order valence-corrected chi connectivity index (χ1v) is 10.5. The van der Waals surface area contributed by atoms with E-state index in [1.807, 2.05) is 12.2 Å². The summed E-state index contributed by atoms with van der Waals surface area (Å²) in [6.07, 6.45) is 11.8. The maximum Gasteiger partial charge on any atom is 0.193 e. The van der Waals surface area contributed by atoms with Gasteiger partial charge < -0.3 is 5.11 Å². The van der Waals surface area contributed by atoms with Crippen LogP contribution in [-0.2, 0) is 4.79 Å². The molecule has 0 spiro atoms. The number of hydrogen-bond acceptors (Lipinski definition) is 2. The number of carbonyl (C=O) groups is 1. The molecule has 0 aliphatic heterocycles. The van der Waals surface area contributed by atoms with Gasteiger partial charge in [-0.25, -0.2) is 8.78 Å². The van der Waals surface area contributed by atoms with E-state index in [0.717, 1.165) is 32.1 Å². The summed E-state index contributed by atoms with van der Waals surface area (Å²) in [6.45, 7) is 4.65. The van der Waals surface area contributed by atoms with E-state index >= 15 is 0 Å². The zero-order chi connectivity index (χ0) is 20.3. The molecule has 0 amide bonds. The summed E-state index contributed by atoms with van der Waals surface area (Å²) in [5.41, 5.74) is 3.19. The van der Waals surface area contributed by atoms with Gasteiger partial charge in [-0.3, -0.25) is 4.79 Å². The number of halogens is 2.